The number of halogens is 1. The van der Waals surface area contributed by atoms with Crippen molar-refractivity contribution < 1.29 is 4.39 Å². The highest BCUT2D eigenvalue weighted by atomic mass is 32.1. The Kier molecular flexibility index (Phi) is 5.51. The maximum Gasteiger partial charge on any atom is 0.188 e. The summed E-state index contributed by atoms with van der Waals surface area (Å²) < 4.78 is 16.8. The fourth-order valence-electron chi connectivity index (χ4n) is 3.41. The number of allylic oxidation sites excluding steroid dienone is 1. The fourth-order valence-corrected chi connectivity index (χ4v) is 4.14. The third kappa shape index (κ3) is 4.44. The van der Waals surface area contributed by atoms with Crippen molar-refractivity contribution in [2.75, 3.05) is 16.9 Å². The molecule has 4 rings (SSSR count). The van der Waals surface area contributed by atoms with Crippen LogP contribution in [0.5, 0.6) is 0 Å². The molecule has 31 heavy (non-hydrogen) atoms. The van der Waals surface area contributed by atoms with E-state index in [0.717, 1.165) is 33.6 Å². The highest BCUT2D eigenvalue weighted by Crippen LogP contribution is 2.32. The Balaban J connectivity index is 1.57. The molecule has 8 heteroatoms. The largest absolute Gasteiger partial charge is 0.370 e. The number of nitrogens with one attached hydrogen (secondary N) is 2. The van der Waals surface area contributed by atoms with Crippen LogP contribution in [0.25, 0.3) is 11.3 Å². The van der Waals surface area contributed by atoms with Gasteiger partial charge in [-0.3, -0.25) is 0 Å². The van der Waals surface area contributed by atoms with Gasteiger partial charge in [-0.25, -0.2) is 14.1 Å². The number of hydrogen-bond donors (Lipinski definition) is 2. The molecule has 0 unspecified atom stereocenters. The van der Waals surface area contributed by atoms with Crippen LogP contribution in [0.1, 0.15) is 53.3 Å². The van der Waals surface area contributed by atoms with Gasteiger partial charge in [0.25, 0.3) is 0 Å². The van der Waals surface area contributed by atoms with Crippen molar-refractivity contribution in [3.05, 3.63) is 53.1 Å². The number of rotatable bonds is 5. The first kappa shape index (κ1) is 21.4. The summed E-state index contributed by atoms with van der Waals surface area (Å²) in [4.78, 5) is 6.55. The van der Waals surface area contributed by atoms with Crippen LogP contribution in [0.4, 0.5) is 21.0 Å². The zero-order chi connectivity index (χ0) is 22.3. The summed E-state index contributed by atoms with van der Waals surface area (Å²) in [5, 5.41) is 14.1. The van der Waals surface area contributed by atoms with Crippen molar-refractivity contribution in [3.8, 4) is 11.3 Å². The quantitative estimate of drug-likeness (QED) is 0.510. The topological polar surface area (TPSA) is 58.0 Å². The van der Waals surface area contributed by atoms with Crippen LogP contribution >= 0.6 is 11.3 Å². The molecule has 2 aromatic heterocycles. The number of nitrogens with zero attached hydrogens (tertiary/aromatic N) is 4. The molecule has 0 atom stereocenters. The second kappa shape index (κ2) is 8.00. The molecule has 0 spiro atoms. The SMILES string of the molecule is CC1=CN(c2ccc(-c3csc(Nc4cc(C(C)(C)C)nn4C(C)C)n3)cc2F)CN1. The average Bonchev–Trinajstić information content (AvgIpc) is 3.41. The number of aromatic nitrogens is 3. The van der Waals surface area contributed by atoms with Gasteiger partial charge in [-0.2, -0.15) is 5.10 Å². The molecule has 1 aromatic carbocycles. The lowest BCUT2D eigenvalue weighted by Gasteiger charge is -2.16. The van der Waals surface area contributed by atoms with Crippen molar-refractivity contribution in [2.24, 2.45) is 0 Å². The molecule has 0 bridgehead atoms. The molecule has 3 aromatic rings. The highest BCUT2D eigenvalue weighted by molar-refractivity contribution is 7.14. The summed E-state index contributed by atoms with van der Waals surface area (Å²) in [6.07, 6.45) is 1.91. The van der Waals surface area contributed by atoms with E-state index in [1.54, 1.807) is 12.1 Å². The third-order valence-corrected chi connectivity index (χ3v) is 5.92. The molecule has 164 valence electrons. The van der Waals surface area contributed by atoms with Gasteiger partial charge in [-0.15, -0.1) is 11.3 Å². The van der Waals surface area contributed by atoms with Crippen LogP contribution in [0.15, 0.2) is 41.5 Å². The van der Waals surface area contributed by atoms with E-state index in [0.29, 0.717) is 12.4 Å². The minimum absolute atomic E-state index is 0.0392. The van der Waals surface area contributed by atoms with Gasteiger partial charge in [0.2, 0.25) is 0 Å². The molecule has 1 aliphatic heterocycles. The smallest absolute Gasteiger partial charge is 0.188 e. The number of hydrogen-bond acceptors (Lipinski definition) is 6. The van der Waals surface area contributed by atoms with Gasteiger partial charge in [-0.05, 0) is 32.9 Å². The van der Waals surface area contributed by atoms with E-state index in [9.17, 15) is 4.39 Å². The number of anilines is 3. The first-order valence-corrected chi connectivity index (χ1v) is 11.3. The van der Waals surface area contributed by atoms with Crippen LogP contribution in [-0.2, 0) is 5.41 Å². The summed E-state index contributed by atoms with van der Waals surface area (Å²) >= 11 is 1.50. The van der Waals surface area contributed by atoms with E-state index in [4.69, 9.17) is 5.10 Å². The minimum atomic E-state index is -0.263. The Morgan fingerprint density at radius 3 is 2.61 bits per heavy atom. The first-order chi connectivity index (χ1) is 14.6. The van der Waals surface area contributed by atoms with Crippen LogP contribution < -0.4 is 15.5 Å². The lowest BCUT2D eigenvalue weighted by Crippen LogP contribution is -2.21. The van der Waals surface area contributed by atoms with Crippen molar-refractivity contribution in [3.63, 3.8) is 0 Å². The lowest BCUT2D eigenvalue weighted by molar-refractivity contribution is 0.499. The van der Waals surface area contributed by atoms with Crippen LogP contribution in [-0.4, -0.2) is 21.4 Å². The van der Waals surface area contributed by atoms with E-state index < -0.39 is 0 Å². The zero-order valence-corrected chi connectivity index (χ0v) is 19.6. The molecule has 0 radical (unpaired) electrons. The molecule has 0 fully saturated rings. The van der Waals surface area contributed by atoms with Gasteiger partial charge in [0.15, 0.2) is 5.13 Å². The van der Waals surface area contributed by atoms with E-state index in [1.165, 1.54) is 11.3 Å². The van der Waals surface area contributed by atoms with Crippen LogP contribution in [0, 0.1) is 5.82 Å². The van der Waals surface area contributed by atoms with Crippen molar-refractivity contribution >= 4 is 28.0 Å². The molecular formula is C23H29FN6S. The first-order valence-electron chi connectivity index (χ1n) is 10.4. The van der Waals surface area contributed by atoms with Crippen molar-refractivity contribution in [1.82, 2.24) is 20.1 Å². The van der Waals surface area contributed by atoms with E-state index in [2.05, 4.69) is 56.3 Å². The summed E-state index contributed by atoms with van der Waals surface area (Å²) in [7, 11) is 0. The molecule has 2 N–H and O–H groups in total. The summed E-state index contributed by atoms with van der Waals surface area (Å²) in [5.74, 6) is 0.645. The Labute approximate surface area is 186 Å². The van der Waals surface area contributed by atoms with Gasteiger partial charge in [0.1, 0.15) is 11.6 Å². The monoisotopic (exact) mass is 440 g/mol. The normalized spacial score (nSPS) is 14.2. The number of benzene rings is 1. The second-order valence-corrected chi connectivity index (χ2v) is 10.0. The zero-order valence-electron chi connectivity index (χ0n) is 18.8. The van der Waals surface area contributed by atoms with Gasteiger partial charge in [-0.1, -0.05) is 26.8 Å². The maximum atomic E-state index is 14.8. The summed E-state index contributed by atoms with van der Waals surface area (Å²) in [6, 6.07) is 7.56. The molecule has 0 saturated carbocycles. The highest BCUT2D eigenvalue weighted by Gasteiger charge is 2.22. The molecular weight excluding hydrogens is 411 g/mol. The molecule has 0 aliphatic carbocycles. The second-order valence-electron chi connectivity index (χ2n) is 9.15. The predicted molar refractivity (Wildman–Crippen MR) is 126 cm³/mol. The van der Waals surface area contributed by atoms with E-state index >= 15 is 0 Å². The Hall–Kier alpha value is -2.87. The lowest BCUT2D eigenvalue weighted by atomic mass is 9.92. The summed E-state index contributed by atoms with van der Waals surface area (Å²) in [5.41, 5.74) is 4.06. The summed E-state index contributed by atoms with van der Waals surface area (Å²) in [6.45, 7) is 13.2. The van der Waals surface area contributed by atoms with Gasteiger partial charge in [0, 0.05) is 40.4 Å². The van der Waals surface area contributed by atoms with E-state index in [-0.39, 0.29) is 17.3 Å². The van der Waals surface area contributed by atoms with Gasteiger partial charge >= 0.3 is 0 Å². The maximum absolute atomic E-state index is 14.8. The van der Waals surface area contributed by atoms with Gasteiger partial charge in [0.05, 0.1) is 23.7 Å². The molecule has 0 saturated heterocycles. The average molecular weight is 441 g/mol. The molecule has 0 amide bonds. The minimum Gasteiger partial charge on any atom is -0.370 e. The van der Waals surface area contributed by atoms with Crippen LogP contribution in [0.2, 0.25) is 0 Å². The van der Waals surface area contributed by atoms with Crippen LogP contribution in [0.3, 0.4) is 0 Å². The third-order valence-electron chi connectivity index (χ3n) is 5.16. The Bertz CT molecular complexity index is 1120. The Morgan fingerprint density at radius 1 is 1.23 bits per heavy atom. The fraction of sp³-hybridized carbons (Fsp3) is 0.391. The molecule has 1 aliphatic rings. The molecule has 6 nitrogen and oxygen atoms in total. The van der Waals surface area contributed by atoms with Gasteiger partial charge < -0.3 is 15.5 Å². The number of thiazole rings is 1. The van der Waals surface area contributed by atoms with Crippen molar-refractivity contribution in [2.45, 2.75) is 53.0 Å². The van der Waals surface area contributed by atoms with Crippen molar-refractivity contribution in [1.29, 1.82) is 0 Å². The Morgan fingerprint density at radius 2 is 2.00 bits per heavy atom. The predicted octanol–water partition coefficient (Wildman–Crippen LogP) is 6.00. The standard InChI is InChI=1S/C23H29FN6S/c1-14(2)30-21(10-20(28-30)23(4,5)6)27-22-26-18(12-31-22)16-7-8-19(17(24)9-16)29-11-15(3)25-13-29/h7-12,14,25H,13H2,1-6H3,(H,26,27). The van der Waals surface area contributed by atoms with E-state index in [1.807, 2.05) is 34.2 Å². The molecule has 3 heterocycles.